The number of amides is 1. The van der Waals surface area contributed by atoms with Crippen LogP contribution in [0, 0.1) is 0 Å². The zero-order chi connectivity index (χ0) is 20.5. The van der Waals surface area contributed by atoms with Gasteiger partial charge in [0.15, 0.2) is 12.6 Å². The van der Waals surface area contributed by atoms with E-state index in [-0.39, 0.29) is 12.5 Å². The Morgan fingerprint density at radius 2 is 2.00 bits per heavy atom. The van der Waals surface area contributed by atoms with Crippen LogP contribution in [0.3, 0.4) is 0 Å². The fraction of sp³-hybridized carbons (Fsp3) is 0.429. The summed E-state index contributed by atoms with van der Waals surface area (Å²) in [5, 5.41) is 9.62. The predicted octanol–water partition coefficient (Wildman–Crippen LogP) is 2.16. The second-order valence-corrected chi connectivity index (χ2v) is 7.64. The SMILES string of the molecule is CCNC(=O)COc1cccc(CNC(=NC)N2CCN(c3cccs3)CC2)c1. The van der Waals surface area contributed by atoms with Gasteiger partial charge >= 0.3 is 0 Å². The molecule has 7 nitrogen and oxygen atoms in total. The maximum absolute atomic E-state index is 11.6. The number of carbonyl (C=O) groups is 1. The third-order valence-electron chi connectivity index (χ3n) is 4.70. The summed E-state index contributed by atoms with van der Waals surface area (Å²) in [5.41, 5.74) is 1.08. The Bertz CT molecular complexity index is 801. The first-order valence-corrected chi connectivity index (χ1v) is 10.8. The van der Waals surface area contributed by atoms with Crippen molar-refractivity contribution in [3.8, 4) is 5.75 Å². The Kier molecular flexibility index (Phi) is 7.75. The summed E-state index contributed by atoms with van der Waals surface area (Å²) in [4.78, 5) is 20.7. The largest absolute Gasteiger partial charge is 0.484 e. The number of anilines is 1. The van der Waals surface area contributed by atoms with E-state index in [0.29, 0.717) is 18.8 Å². The molecule has 1 aromatic carbocycles. The molecule has 0 unspecified atom stereocenters. The number of nitrogens with one attached hydrogen (secondary N) is 2. The lowest BCUT2D eigenvalue weighted by molar-refractivity contribution is -0.122. The zero-order valence-corrected chi connectivity index (χ0v) is 17.9. The van der Waals surface area contributed by atoms with Gasteiger partial charge < -0.3 is 25.2 Å². The van der Waals surface area contributed by atoms with Crippen LogP contribution >= 0.6 is 11.3 Å². The molecule has 29 heavy (non-hydrogen) atoms. The summed E-state index contributed by atoms with van der Waals surface area (Å²) in [6.45, 7) is 7.03. The molecule has 2 aromatic rings. The molecule has 0 bridgehead atoms. The number of benzene rings is 1. The average Bonchev–Trinajstić information content (AvgIpc) is 3.29. The van der Waals surface area contributed by atoms with Gasteiger partial charge in [-0.2, -0.15) is 0 Å². The number of thiophene rings is 1. The van der Waals surface area contributed by atoms with Crippen LogP contribution in [-0.2, 0) is 11.3 Å². The number of nitrogens with zero attached hydrogens (tertiary/aromatic N) is 3. The van der Waals surface area contributed by atoms with Crippen LogP contribution in [0.1, 0.15) is 12.5 Å². The average molecular weight is 416 g/mol. The molecular formula is C21H29N5O2S. The molecule has 1 aliphatic heterocycles. The molecule has 0 aliphatic carbocycles. The molecular weight excluding hydrogens is 386 g/mol. The highest BCUT2D eigenvalue weighted by atomic mass is 32.1. The number of carbonyl (C=O) groups excluding carboxylic acids is 1. The molecule has 1 aliphatic rings. The van der Waals surface area contributed by atoms with Crippen molar-refractivity contribution in [1.29, 1.82) is 0 Å². The van der Waals surface area contributed by atoms with E-state index in [4.69, 9.17) is 4.74 Å². The molecule has 0 atom stereocenters. The van der Waals surface area contributed by atoms with E-state index in [9.17, 15) is 4.79 Å². The van der Waals surface area contributed by atoms with Gasteiger partial charge in [-0.15, -0.1) is 11.3 Å². The summed E-state index contributed by atoms with van der Waals surface area (Å²) in [7, 11) is 1.82. The van der Waals surface area contributed by atoms with Crippen LogP contribution in [0.25, 0.3) is 0 Å². The van der Waals surface area contributed by atoms with Gasteiger partial charge in [0.1, 0.15) is 5.75 Å². The molecule has 1 saturated heterocycles. The van der Waals surface area contributed by atoms with Crippen molar-refractivity contribution < 1.29 is 9.53 Å². The molecule has 1 fully saturated rings. The summed E-state index contributed by atoms with van der Waals surface area (Å²) in [6.07, 6.45) is 0. The first kappa shape index (κ1) is 21.0. The van der Waals surface area contributed by atoms with E-state index < -0.39 is 0 Å². The van der Waals surface area contributed by atoms with Gasteiger partial charge in [-0.25, -0.2) is 0 Å². The second-order valence-electron chi connectivity index (χ2n) is 6.72. The van der Waals surface area contributed by atoms with Gasteiger partial charge in [0.2, 0.25) is 0 Å². The van der Waals surface area contributed by atoms with E-state index in [1.54, 1.807) is 11.3 Å². The topological polar surface area (TPSA) is 69.2 Å². The summed E-state index contributed by atoms with van der Waals surface area (Å²) >= 11 is 1.79. The molecule has 1 amide bonds. The van der Waals surface area contributed by atoms with Crippen molar-refractivity contribution in [2.75, 3.05) is 51.3 Å². The Balaban J connectivity index is 1.48. The Morgan fingerprint density at radius 1 is 1.17 bits per heavy atom. The first-order chi connectivity index (χ1) is 14.2. The van der Waals surface area contributed by atoms with E-state index in [1.165, 1.54) is 5.00 Å². The Hall–Kier alpha value is -2.74. The number of hydrogen-bond acceptors (Lipinski definition) is 5. The third kappa shape index (κ3) is 6.12. The normalized spacial score (nSPS) is 14.6. The van der Waals surface area contributed by atoms with Crippen LogP contribution in [0.2, 0.25) is 0 Å². The van der Waals surface area contributed by atoms with Crippen molar-refractivity contribution in [3.05, 3.63) is 47.3 Å². The van der Waals surface area contributed by atoms with Crippen molar-refractivity contribution >= 4 is 28.2 Å². The summed E-state index contributed by atoms with van der Waals surface area (Å²) in [6, 6.07) is 12.1. The quantitative estimate of drug-likeness (QED) is 0.536. The Labute approximate surface area is 176 Å². The van der Waals surface area contributed by atoms with Crippen LogP contribution in [0.5, 0.6) is 5.75 Å². The van der Waals surface area contributed by atoms with Gasteiger partial charge in [-0.1, -0.05) is 12.1 Å². The van der Waals surface area contributed by atoms with Crippen LogP contribution in [0.4, 0.5) is 5.00 Å². The van der Waals surface area contributed by atoms with Crippen LogP contribution < -0.4 is 20.3 Å². The number of hydrogen-bond donors (Lipinski definition) is 2. The maximum atomic E-state index is 11.6. The van der Waals surface area contributed by atoms with Crippen molar-refractivity contribution in [1.82, 2.24) is 15.5 Å². The second kappa shape index (κ2) is 10.7. The molecule has 0 spiro atoms. The van der Waals surface area contributed by atoms with Crippen molar-refractivity contribution in [3.63, 3.8) is 0 Å². The predicted molar refractivity (Wildman–Crippen MR) is 119 cm³/mol. The third-order valence-corrected chi connectivity index (χ3v) is 5.63. The minimum atomic E-state index is -0.113. The lowest BCUT2D eigenvalue weighted by Crippen LogP contribution is -2.52. The lowest BCUT2D eigenvalue weighted by Gasteiger charge is -2.37. The fourth-order valence-corrected chi connectivity index (χ4v) is 4.03. The number of piperazine rings is 1. The van der Waals surface area contributed by atoms with Crippen molar-refractivity contribution in [2.45, 2.75) is 13.5 Å². The number of guanidine groups is 1. The first-order valence-electron chi connectivity index (χ1n) is 9.92. The minimum absolute atomic E-state index is 0.0287. The monoisotopic (exact) mass is 415 g/mol. The molecule has 1 aromatic heterocycles. The van der Waals surface area contributed by atoms with E-state index >= 15 is 0 Å². The van der Waals surface area contributed by atoms with E-state index in [1.807, 2.05) is 38.2 Å². The highest BCUT2D eigenvalue weighted by Crippen LogP contribution is 2.22. The van der Waals surface area contributed by atoms with E-state index in [2.05, 4.69) is 42.9 Å². The molecule has 2 heterocycles. The molecule has 156 valence electrons. The standard InChI is InChI=1S/C21H29N5O2S/c1-3-23-19(27)16-28-18-7-4-6-17(14-18)15-24-21(22-2)26-11-9-25(10-12-26)20-8-5-13-29-20/h4-8,13-14H,3,9-12,15-16H2,1-2H3,(H,22,24)(H,23,27). The number of rotatable bonds is 7. The van der Waals surface area contributed by atoms with Crippen molar-refractivity contribution in [2.24, 2.45) is 4.99 Å². The zero-order valence-electron chi connectivity index (χ0n) is 17.1. The molecule has 3 rings (SSSR count). The molecule has 0 saturated carbocycles. The minimum Gasteiger partial charge on any atom is -0.484 e. The maximum Gasteiger partial charge on any atom is 0.257 e. The van der Waals surface area contributed by atoms with Crippen LogP contribution in [0.15, 0.2) is 46.8 Å². The van der Waals surface area contributed by atoms with Gasteiger partial charge in [0.05, 0.1) is 5.00 Å². The summed E-state index contributed by atoms with van der Waals surface area (Å²) < 4.78 is 5.57. The smallest absolute Gasteiger partial charge is 0.257 e. The van der Waals surface area contributed by atoms with Gasteiger partial charge in [-0.3, -0.25) is 9.79 Å². The van der Waals surface area contributed by atoms with Gasteiger partial charge in [0, 0.05) is 46.3 Å². The lowest BCUT2D eigenvalue weighted by atomic mass is 10.2. The van der Waals surface area contributed by atoms with Gasteiger partial charge in [-0.05, 0) is 42.1 Å². The highest BCUT2D eigenvalue weighted by molar-refractivity contribution is 7.14. The number of aliphatic imine (C=N–C) groups is 1. The highest BCUT2D eigenvalue weighted by Gasteiger charge is 2.20. The molecule has 0 radical (unpaired) electrons. The summed E-state index contributed by atoms with van der Waals surface area (Å²) in [5.74, 6) is 1.48. The van der Waals surface area contributed by atoms with Crippen LogP contribution in [-0.4, -0.2) is 63.1 Å². The van der Waals surface area contributed by atoms with Gasteiger partial charge in [0.25, 0.3) is 5.91 Å². The number of ether oxygens (including phenoxy) is 1. The molecule has 2 N–H and O–H groups in total. The number of likely N-dealkylation sites (N-methyl/N-ethyl adjacent to an activating group) is 1. The molecule has 8 heteroatoms. The van der Waals surface area contributed by atoms with E-state index in [0.717, 1.165) is 37.7 Å². The Morgan fingerprint density at radius 3 is 2.69 bits per heavy atom. The fourth-order valence-electron chi connectivity index (χ4n) is 3.24.